The lowest BCUT2D eigenvalue weighted by molar-refractivity contribution is 0.0579. The van der Waals surface area contributed by atoms with Gasteiger partial charge in [-0.05, 0) is 19.4 Å². The van der Waals surface area contributed by atoms with Crippen LogP contribution in [0, 0.1) is 0 Å². The lowest BCUT2D eigenvalue weighted by Crippen LogP contribution is -2.31. The van der Waals surface area contributed by atoms with E-state index in [1.165, 1.54) is 0 Å². The zero-order valence-corrected chi connectivity index (χ0v) is 11.0. The molecule has 0 saturated carbocycles. The lowest BCUT2D eigenvalue weighted by atomic mass is 9.93. The fourth-order valence-electron chi connectivity index (χ4n) is 2.23. The van der Waals surface area contributed by atoms with Crippen LogP contribution in [0.2, 0.25) is 0 Å². The van der Waals surface area contributed by atoms with Crippen molar-refractivity contribution in [2.45, 2.75) is 38.8 Å². The maximum Gasteiger partial charge on any atom is 0.111 e. The van der Waals surface area contributed by atoms with Gasteiger partial charge in [-0.25, -0.2) is 4.98 Å². The van der Waals surface area contributed by atoms with E-state index in [1.807, 2.05) is 43.5 Å². The third-order valence-corrected chi connectivity index (χ3v) is 3.11. The van der Waals surface area contributed by atoms with E-state index in [0.29, 0.717) is 12.8 Å². The summed E-state index contributed by atoms with van der Waals surface area (Å²) < 4.78 is 2.07. The Morgan fingerprint density at radius 1 is 1.22 bits per heavy atom. The van der Waals surface area contributed by atoms with Crippen LogP contribution in [-0.4, -0.2) is 20.3 Å². The van der Waals surface area contributed by atoms with Crippen molar-refractivity contribution in [3.05, 3.63) is 54.1 Å². The first-order chi connectivity index (χ1) is 8.61. The molecule has 0 saturated heterocycles. The Labute approximate surface area is 108 Å². The average Bonchev–Trinajstić information content (AvgIpc) is 2.76. The summed E-state index contributed by atoms with van der Waals surface area (Å²) in [5.41, 5.74) is 0.386. The fraction of sp³-hybridized carbons (Fsp3) is 0.400. The molecule has 0 radical (unpaired) electrons. The maximum atomic E-state index is 10.5. The Kier molecular flexibility index (Phi) is 3.82. The molecule has 1 N–H and O–H groups in total. The summed E-state index contributed by atoms with van der Waals surface area (Å²) in [6.45, 7) is 4.84. The van der Waals surface area contributed by atoms with Gasteiger partial charge in [0.2, 0.25) is 0 Å². The highest BCUT2D eigenvalue weighted by Crippen LogP contribution is 2.18. The first-order valence-electron chi connectivity index (χ1n) is 6.37. The molecular weight excluding hydrogens is 224 g/mol. The van der Waals surface area contributed by atoms with Crippen LogP contribution in [0.25, 0.3) is 0 Å². The number of aliphatic hydroxyl groups is 1. The smallest absolute Gasteiger partial charge is 0.111 e. The van der Waals surface area contributed by atoms with Crippen molar-refractivity contribution < 1.29 is 5.11 Å². The molecule has 96 valence electrons. The predicted molar refractivity (Wildman–Crippen MR) is 72.4 cm³/mol. The van der Waals surface area contributed by atoms with E-state index < -0.39 is 5.60 Å². The van der Waals surface area contributed by atoms with E-state index >= 15 is 0 Å². The molecule has 1 aromatic carbocycles. The molecule has 2 aromatic rings. The number of rotatable bonds is 5. The minimum atomic E-state index is -0.764. The van der Waals surface area contributed by atoms with Crippen molar-refractivity contribution in [3.8, 4) is 0 Å². The van der Waals surface area contributed by atoms with Gasteiger partial charge in [0.1, 0.15) is 5.82 Å². The molecule has 0 fully saturated rings. The van der Waals surface area contributed by atoms with E-state index in [4.69, 9.17) is 0 Å². The summed E-state index contributed by atoms with van der Waals surface area (Å²) in [7, 11) is 0. The van der Waals surface area contributed by atoms with Crippen molar-refractivity contribution in [1.29, 1.82) is 0 Å². The number of benzene rings is 1. The highest BCUT2D eigenvalue weighted by atomic mass is 16.3. The van der Waals surface area contributed by atoms with Crippen LogP contribution in [0.5, 0.6) is 0 Å². The molecule has 0 aliphatic heterocycles. The zero-order valence-electron chi connectivity index (χ0n) is 11.0. The topological polar surface area (TPSA) is 38.0 Å². The Morgan fingerprint density at radius 3 is 2.61 bits per heavy atom. The summed E-state index contributed by atoms with van der Waals surface area (Å²) in [4.78, 5) is 4.32. The molecule has 1 aromatic heterocycles. The van der Waals surface area contributed by atoms with Crippen LogP contribution in [0.1, 0.15) is 25.2 Å². The third-order valence-electron chi connectivity index (χ3n) is 3.11. The van der Waals surface area contributed by atoms with Gasteiger partial charge in [0.15, 0.2) is 0 Å². The normalized spacial score (nSPS) is 14.4. The molecule has 2 rings (SSSR count). The van der Waals surface area contributed by atoms with Crippen molar-refractivity contribution in [1.82, 2.24) is 9.55 Å². The summed E-state index contributed by atoms with van der Waals surface area (Å²) in [6.07, 6.45) is 4.96. The predicted octanol–water partition coefficient (Wildman–Crippen LogP) is 2.44. The first-order valence-corrected chi connectivity index (χ1v) is 6.37. The van der Waals surface area contributed by atoms with Crippen LogP contribution < -0.4 is 0 Å². The molecule has 1 heterocycles. The molecule has 0 amide bonds. The van der Waals surface area contributed by atoms with E-state index in [9.17, 15) is 5.11 Å². The molecule has 3 nitrogen and oxygen atoms in total. The lowest BCUT2D eigenvalue weighted by Gasteiger charge is -2.23. The molecule has 0 spiro atoms. The SMILES string of the molecule is CCn1ccnc1CC(C)(O)Cc1ccccc1. The van der Waals surface area contributed by atoms with Gasteiger partial charge >= 0.3 is 0 Å². The van der Waals surface area contributed by atoms with Gasteiger partial charge in [-0.3, -0.25) is 0 Å². The number of hydrogen-bond acceptors (Lipinski definition) is 2. The molecule has 3 heteroatoms. The highest BCUT2D eigenvalue weighted by Gasteiger charge is 2.23. The third kappa shape index (κ3) is 3.20. The number of imidazole rings is 1. The summed E-state index contributed by atoms with van der Waals surface area (Å²) in [5, 5.41) is 10.5. The average molecular weight is 244 g/mol. The van der Waals surface area contributed by atoms with Crippen LogP contribution in [-0.2, 0) is 19.4 Å². The number of aryl methyl sites for hydroxylation is 1. The van der Waals surface area contributed by atoms with Crippen LogP contribution >= 0.6 is 0 Å². The van der Waals surface area contributed by atoms with Gasteiger partial charge in [0, 0.05) is 31.8 Å². The maximum absolute atomic E-state index is 10.5. The Balaban J connectivity index is 2.08. The van der Waals surface area contributed by atoms with Crippen molar-refractivity contribution in [2.75, 3.05) is 0 Å². The van der Waals surface area contributed by atoms with Gasteiger partial charge < -0.3 is 9.67 Å². The van der Waals surface area contributed by atoms with Gasteiger partial charge in [-0.15, -0.1) is 0 Å². The van der Waals surface area contributed by atoms with Crippen LogP contribution in [0.3, 0.4) is 0 Å². The second kappa shape index (κ2) is 5.36. The molecule has 18 heavy (non-hydrogen) atoms. The van der Waals surface area contributed by atoms with E-state index in [0.717, 1.165) is 17.9 Å². The largest absolute Gasteiger partial charge is 0.389 e. The van der Waals surface area contributed by atoms with Crippen molar-refractivity contribution in [2.24, 2.45) is 0 Å². The van der Waals surface area contributed by atoms with Gasteiger partial charge in [-0.1, -0.05) is 30.3 Å². The monoisotopic (exact) mass is 244 g/mol. The standard InChI is InChI=1S/C15H20N2O/c1-3-17-10-9-16-14(17)12-15(2,18)11-13-7-5-4-6-8-13/h4-10,18H,3,11-12H2,1-2H3. The summed E-state index contributed by atoms with van der Waals surface area (Å²) in [6, 6.07) is 10.1. The number of hydrogen-bond donors (Lipinski definition) is 1. The van der Waals surface area contributed by atoms with Gasteiger partial charge in [0.25, 0.3) is 0 Å². The van der Waals surface area contributed by atoms with Crippen molar-refractivity contribution in [3.63, 3.8) is 0 Å². The molecular formula is C15H20N2O. The molecule has 0 bridgehead atoms. The van der Waals surface area contributed by atoms with Crippen molar-refractivity contribution >= 4 is 0 Å². The van der Waals surface area contributed by atoms with Gasteiger partial charge in [-0.2, -0.15) is 0 Å². The van der Waals surface area contributed by atoms with E-state index in [2.05, 4.69) is 16.5 Å². The van der Waals surface area contributed by atoms with E-state index in [-0.39, 0.29) is 0 Å². The minimum Gasteiger partial charge on any atom is -0.389 e. The fourth-order valence-corrected chi connectivity index (χ4v) is 2.23. The Bertz CT molecular complexity index is 488. The molecule has 1 atom stereocenters. The minimum absolute atomic E-state index is 0.572. The number of aromatic nitrogens is 2. The Hall–Kier alpha value is -1.61. The number of nitrogens with zero attached hydrogens (tertiary/aromatic N) is 2. The summed E-state index contributed by atoms with van der Waals surface area (Å²) >= 11 is 0. The van der Waals surface area contributed by atoms with Gasteiger partial charge in [0.05, 0.1) is 5.60 Å². The van der Waals surface area contributed by atoms with Crippen LogP contribution in [0.15, 0.2) is 42.7 Å². The van der Waals surface area contributed by atoms with E-state index in [1.54, 1.807) is 6.20 Å². The molecule has 0 aliphatic carbocycles. The molecule has 0 aliphatic rings. The van der Waals surface area contributed by atoms with Crippen LogP contribution in [0.4, 0.5) is 0 Å². The summed E-state index contributed by atoms with van der Waals surface area (Å²) in [5.74, 6) is 0.943. The highest BCUT2D eigenvalue weighted by molar-refractivity contribution is 5.17. The quantitative estimate of drug-likeness (QED) is 0.877. The molecule has 1 unspecified atom stereocenters. The second-order valence-corrected chi connectivity index (χ2v) is 4.97. The zero-order chi connectivity index (χ0) is 13.0. The second-order valence-electron chi connectivity index (χ2n) is 4.97. The Morgan fingerprint density at radius 2 is 1.94 bits per heavy atom. The first kappa shape index (κ1) is 12.8.